The summed E-state index contributed by atoms with van der Waals surface area (Å²) in [6.07, 6.45) is 8.01. The number of nitrogens with one attached hydrogen (secondary N) is 2. The number of anilines is 2. The van der Waals surface area contributed by atoms with E-state index in [-0.39, 0.29) is 5.41 Å². The molecule has 0 radical (unpaired) electrons. The molecule has 11 heteroatoms. The highest BCUT2D eigenvalue weighted by Crippen LogP contribution is 2.43. The molecule has 214 valence electrons. The third kappa shape index (κ3) is 5.06. The van der Waals surface area contributed by atoms with E-state index in [0.29, 0.717) is 58.5 Å². The molecule has 4 N–H and O–H groups in total. The Morgan fingerprint density at radius 3 is 2.60 bits per heavy atom. The topological polar surface area (TPSA) is 171 Å². The number of carbonyl (C=O) groups excluding carboxylic acids is 1. The minimum atomic E-state index is -0.859. The molecule has 0 bridgehead atoms. The molecule has 2 aromatic carbocycles. The molecule has 1 fully saturated rings. The molecule has 1 amide bonds. The number of nitrogens with zero attached hydrogens (tertiary/aromatic N) is 7. The number of amides is 1. The van der Waals surface area contributed by atoms with Crippen molar-refractivity contribution in [1.29, 1.82) is 10.5 Å². The van der Waals surface area contributed by atoms with Gasteiger partial charge in [0.05, 0.1) is 34.6 Å². The minimum absolute atomic E-state index is 0.0553. The number of nitrogens with two attached hydrogens (primary N) is 1. The molecule has 3 aromatic heterocycles. The first kappa shape index (κ1) is 27.6. The second kappa shape index (κ2) is 10.4. The fourth-order valence-corrected chi connectivity index (χ4v) is 5.30. The fourth-order valence-electron chi connectivity index (χ4n) is 5.30. The Morgan fingerprint density at radius 1 is 1.12 bits per heavy atom. The zero-order valence-corrected chi connectivity index (χ0v) is 24.1. The average molecular weight is 571 g/mol. The summed E-state index contributed by atoms with van der Waals surface area (Å²) in [7, 11) is 0. The lowest BCUT2D eigenvalue weighted by Crippen LogP contribution is -2.34. The molecular formula is C32H30N10O. The lowest BCUT2D eigenvalue weighted by Gasteiger charge is -2.23. The number of primary amides is 1. The molecule has 3 heterocycles. The summed E-state index contributed by atoms with van der Waals surface area (Å²) < 4.78 is 1.56. The third-order valence-electron chi connectivity index (χ3n) is 7.77. The molecule has 1 aliphatic rings. The molecular weight excluding hydrogens is 540 g/mol. The number of hydrogen-bond acceptors (Lipinski definition) is 9. The van der Waals surface area contributed by atoms with Crippen LogP contribution in [0.2, 0.25) is 0 Å². The van der Waals surface area contributed by atoms with E-state index in [0.717, 1.165) is 16.3 Å². The van der Waals surface area contributed by atoms with Crippen LogP contribution in [-0.2, 0) is 10.3 Å². The van der Waals surface area contributed by atoms with E-state index in [1.54, 1.807) is 29.3 Å². The van der Waals surface area contributed by atoms with Crippen molar-refractivity contribution in [3.63, 3.8) is 0 Å². The van der Waals surface area contributed by atoms with Gasteiger partial charge in [-0.25, -0.2) is 4.68 Å². The maximum absolute atomic E-state index is 12.2. The van der Waals surface area contributed by atoms with Crippen molar-refractivity contribution < 1.29 is 4.79 Å². The van der Waals surface area contributed by atoms with E-state index in [1.165, 1.54) is 6.20 Å². The predicted octanol–water partition coefficient (Wildman–Crippen LogP) is 4.75. The van der Waals surface area contributed by atoms with E-state index >= 15 is 0 Å². The van der Waals surface area contributed by atoms with Gasteiger partial charge in [-0.2, -0.15) is 10.5 Å². The second-order valence-corrected chi connectivity index (χ2v) is 12.1. The highest BCUT2D eigenvalue weighted by Gasteiger charge is 2.52. The summed E-state index contributed by atoms with van der Waals surface area (Å²) in [4.78, 5) is 21.0. The van der Waals surface area contributed by atoms with Crippen LogP contribution in [0.25, 0.3) is 21.7 Å². The van der Waals surface area contributed by atoms with Gasteiger partial charge < -0.3 is 16.4 Å². The van der Waals surface area contributed by atoms with Crippen LogP contribution >= 0.6 is 0 Å². The van der Waals surface area contributed by atoms with Gasteiger partial charge in [0.1, 0.15) is 23.4 Å². The van der Waals surface area contributed by atoms with Gasteiger partial charge in [-0.15, -0.1) is 5.10 Å². The van der Waals surface area contributed by atoms with E-state index in [1.807, 2.05) is 30.3 Å². The van der Waals surface area contributed by atoms with Crippen molar-refractivity contribution >= 4 is 39.0 Å². The number of benzene rings is 2. The SMILES string of the molecule is CC(C)(C)CNc1c(C#N)cnc2c(C#N)cc(NC(c3cn(C4(C(N)=O)CC4)nn3)c3cccc4cnccc34)cc12. The minimum Gasteiger partial charge on any atom is -0.383 e. The smallest absolute Gasteiger partial charge is 0.245 e. The molecule has 5 aromatic rings. The Kier molecular flexibility index (Phi) is 6.66. The van der Waals surface area contributed by atoms with E-state index in [9.17, 15) is 15.3 Å². The molecule has 0 saturated heterocycles. The number of rotatable bonds is 8. The third-order valence-corrected chi connectivity index (χ3v) is 7.77. The lowest BCUT2D eigenvalue weighted by molar-refractivity contribution is -0.122. The molecule has 11 nitrogen and oxygen atoms in total. The maximum Gasteiger partial charge on any atom is 0.245 e. The van der Waals surface area contributed by atoms with Crippen LogP contribution in [0.15, 0.2) is 61.2 Å². The molecule has 1 saturated carbocycles. The van der Waals surface area contributed by atoms with Crippen molar-refractivity contribution in [3.8, 4) is 12.1 Å². The van der Waals surface area contributed by atoms with Crippen molar-refractivity contribution in [3.05, 3.63) is 83.6 Å². The maximum atomic E-state index is 12.2. The van der Waals surface area contributed by atoms with Gasteiger partial charge in [-0.05, 0) is 47.4 Å². The standard InChI is InChI=1S/C32H30N10O/c1-31(2,3)18-38-28-21(14-34)16-37-27-20(13-33)11-22(12-25(27)28)39-29(24-6-4-5-19-15-36-10-7-23(19)24)26-17-42(41-40-26)32(8-9-32)30(35)43/h4-7,10-12,15-17,29,39H,8-9,18H2,1-3H3,(H2,35,43)(H,37,38). The number of hydrogen-bond donors (Lipinski definition) is 3. The van der Waals surface area contributed by atoms with Gasteiger partial charge >= 0.3 is 0 Å². The summed E-state index contributed by atoms with van der Waals surface area (Å²) in [6, 6.07) is 15.5. The monoisotopic (exact) mass is 570 g/mol. The normalized spacial score (nSPS) is 14.5. The molecule has 1 unspecified atom stereocenters. The molecule has 6 rings (SSSR count). The Labute approximate surface area is 248 Å². The van der Waals surface area contributed by atoms with Crippen LogP contribution in [0, 0.1) is 28.1 Å². The van der Waals surface area contributed by atoms with Crippen LogP contribution in [0.4, 0.5) is 11.4 Å². The first-order valence-corrected chi connectivity index (χ1v) is 14.0. The number of pyridine rings is 2. The quantitative estimate of drug-likeness (QED) is 0.238. The van der Waals surface area contributed by atoms with Crippen LogP contribution in [0.3, 0.4) is 0 Å². The number of aromatic nitrogens is 5. The highest BCUT2D eigenvalue weighted by atomic mass is 16.2. The van der Waals surface area contributed by atoms with E-state index in [4.69, 9.17) is 5.73 Å². The summed E-state index contributed by atoms with van der Waals surface area (Å²) >= 11 is 0. The highest BCUT2D eigenvalue weighted by molar-refractivity contribution is 5.99. The summed E-state index contributed by atoms with van der Waals surface area (Å²) in [5.74, 6) is -0.436. The summed E-state index contributed by atoms with van der Waals surface area (Å²) in [6.45, 7) is 6.91. The van der Waals surface area contributed by atoms with Gasteiger partial charge in [0.15, 0.2) is 0 Å². The average Bonchev–Trinajstić information content (AvgIpc) is 3.67. The largest absolute Gasteiger partial charge is 0.383 e. The summed E-state index contributed by atoms with van der Waals surface area (Å²) in [5.41, 5.74) is 8.78. The van der Waals surface area contributed by atoms with Crippen LogP contribution in [0.5, 0.6) is 0 Å². The molecule has 1 atom stereocenters. The molecule has 43 heavy (non-hydrogen) atoms. The molecule has 1 aliphatic carbocycles. The zero-order chi connectivity index (χ0) is 30.4. The fraction of sp³-hybridized carbons (Fsp3) is 0.281. The molecule has 0 spiro atoms. The van der Waals surface area contributed by atoms with Gasteiger partial charge in [-0.3, -0.25) is 14.8 Å². The first-order chi connectivity index (χ1) is 20.6. The van der Waals surface area contributed by atoms with Gasteiger partial charge in [0.2, 0.25) is 5.91 Å². The lowest BCUT2D eigenvalue weighted by atomic mass is 9.96. The second-order valence-electron chi connectivity index (χ2n) is 12.1. The Balaban J connectivity index is 1.51. The van der Waals surface area contributed by atoms with Gasteiger partial charge in [0.25, 0.3) is 0 Å². The summed E-state index contributed by atoms with van der Waals surface area (Å²) in [5, 5.41) is 38.4. The Hall–Kier alpha value is -5.55. The molecule has 0 aliphatic heterocycles. The van der Waals surface area contributed by atoms with Crippen molar-refractivity contribution in [2.24, 2.45) is 11.1 Å². The number of carbonyl (C=O) groups is 1. The number of fused-ring (bicyclic) bond motifs is 2. The van der Waals surface area contributed by atoms with Crippen molar-refractivity contribution in [2.45, 2.75) is 45.2 Å². The Morgan fingerprint density at radius 2 is 1.91 bits per heavy atom. The van der Waals surface area contributed by atoms with Crippen LogP contribution in [0.1, 0.15) is 62.0 Å². The van der Waals surface area contributed by atoms with Gasteiger partial charge in [0, 0.05) is 41.6 Å². The van der Waals surface area contributed by atoms with Gasteiger partial charge in [-0.1, -0.05) is 44.2 Å². The van der Waals surface area contributed by atoms with E-state index < -0.39 is 17.5 Å². The van der Waals surface area contributed by atoms with Crippen LogP contribution in [-0.4, -0.2) is 37.4 Å². The zero-order valence-electron chi connectivity index (χ0n) is 24.1. The Bertz CT molecular complexity index is 1970. The van der Waals surface area contributed by atoms with Crippen molar-refractivity contribution in [1.82, 2.24) is 25.0 Å². The van der Waals surface area contributed by atoms with Crippen LogP contribution < -0.4 is 16.4 Å². The predicted molar refractivity (Wildman–Crippen MR) is 163 cm³/mol. The van der Waals surface area contributed by atoms with Crippen molar-refractivity contribution in [2.75, 3.05) is 17.2 Å². The van der Waals surface area contributed by atoms with E-state index in [2.05, 4.69) is 63.8 Å². The number of nitriles is 2. The first-order valence-electron chi connectivity index (χ1n) is 14.0.